The van der Waals surface area contributed by atoms with Gasteiger partial charge in [-0.3, -0.25) is 0 Å². The molecule has 0 bridgehead atoms. The smallest absolute Gasteiger partial charge is 0 e. The van der Waals surface area contributed by atoms with Crippen LogP contribution >= 0.6 is 0 Å². The van der Waals surface area contributed by atoms with E-state index >= 15 is 0 Å². The first kappa shape index (κ1) is 9.79. The average Bonchev–Trinajstić information content (AvgIpc) is 2.06. The minimum Gasteiger partial charge on any atom is -0.0949 e. The van der Waals surface area contributed by atoms with Gasteiger partial charge in [0, 0.05) is 29.6 Å². The van der Waals surface area contributed by atoms with Crippen molar-refractivity contribution < 1.29 is 0 Å². The Morgan fingerprint density at radius 1 is 1.17 bits per heavy atom. The molecular weight excluding hydrogens is 155 g/mol. The quantitative estimate of drug-likeness (QED) is 0.518. The summed E-state index contributed by atoms with van der Waals surface area (Å²) in [6.07, 6.45) is 5.31. The molecule has 0 N–H and O–H groups in total. The minimum atomic E-state index is 0. The predicted octanol–water partition coefficient (Wildman–Crippen LogP) is 2.74. The van der Waals surface area contributed by atoms with E-state index in [4.69, 9.17) is 0 Å². The van der Waals surface area contributed by atoms with Crippen LogP contribution in [0.15, 0.2) is 36.9 Å². The van der Waals surface area contributed by atoms with Gasteiger partial charge in [-0.25, -0.2) is 0 Å². The first-order valence-electron chi connectivity index (χ1n) is 3.81. The van der Waals surface area contributed by atoms with Gasteiger partial charge in [0.15, 0.2) is 0 Å². The van der Waals surface area contributed by atoms with Gasteiger partial charge >= 0.3 is 0 Å². The second kappa shape index (κ2) is 4.08. The summed E-state index contributed by atoms with van der Waals surface area (Å²) in [5, 5.41) is 0. The predicted molar refractivity (Wildman–Crippen MR) is 54.9 cm³/mol. The normalized spacial score (nSPS) is 13.5. The number of hydrogen-bond donors (Lipinski definition) is 0. The van der Waals surface area contributed by atoms with Gasteiger partial charge in [0.1, 0.15) is 0 Å². The van der Waals surface area contributed by atoms with Crippen molar-refractivity contribution in [1.82, 2.24) is 0 Å². The molecule has 0 amide bonds. The third-order valence-corrected chi connectivity index (χ3v) is 2.00. The van der Waals surface area contributed by atoms with E-state index in [-0.39, 0.29) is 29.6 Å². The first-order chi connectivity index (χ1) is 5.38. The third kappa shape index (κ3) is 1.71. The van der Waals surface area contributed by atoms with Crippen LogP contribution in [0, 0.1) is 0 Å². The molecule has 0 saturated heterocycles. The van der Waals surface area contributed by atoms with Gasteiger partial charge in [-0.15, -0.1) is 0 Å². The van der Waals surface area contributed by atoms with Crippen molar-refractivity contribution in [2.45, 2.75) is 6.42 Å². The van der Waals surface area contributed by atoms with Crippen LogP contribution in [0.2, 0.25) is 0 Å². The number of benzene rings is 1. The zero-order valence-electron chi connectivity index (χ0n) is 7.38. The molecule has 0 aromatic heterocycles. The van der Waals surface area contributed by atoms with E-state index in [0.29, 0.717) is 0 Å². The largest absolute Gasteiger partial charge is 0.0949 e. The maximum atomic E-state index is 4.00. The number of fused-ring (bicyclic) bond motifs is 1. The molecule has 1 aliphatic rings. The van der Waals surface area contributed by atoms with Crippen LogP contribution in [0.5, 0.6) is 0 Å². The van der Waals surface area contributed by atoms with Gasteiger partial charge in [-0.2, -0.15) is 0 Å². The van der Waals surface area contributed by atoms with E-state index in [9.17, 15) is 0 Å². The number of hydrogen-bond acceptors (Lipinski definition) is 0. The molecular formula is C11H10Na. The molecule has 0 fully saturated rings. The molecule has 0 unspecified atom stereocenters. The van der Waals surface area contributed by atoms with Gasteiger partial charge in [-0.05, 0) is 23.1 Å². The van der Waals surface area contributed by atoms with Crippen LogP contribution < -0.4 is 0 Å². The van der Waals surface area contributed by atoms with Gasteiger partial charge in [0.2, 0.25) is 0 Å². The van der Waals surface area contributed by atoms with Gasteiger partial charge < -0.3 is 0 Å². The molecule has 0 spiro atoms. The first-order valence-corrected chi connectivity index (χ1v) is 3.81. The average molecular weight is 165 g/mol. The molecule has 0 heterocycles. The van der Waals surface area contributed by atoms with Gasteiger partial charge in [-0.1, -0.05) is 43.0 Å². The van der Waals surface area contributed by atoms with Crippen molar-refractivity contribution in [3.63, 3.8) is 0 Å². The molecule has 12 heavy (non-hydrogen) atoms. The van der Waals surface area contributed by atoms with Crippen molar-refractivity contribution >= 4 is 41.2 Å². The van der Waals surface area contributed by atoms with E-state index in [1.807, 2.05) is 0 Å². The minimum absolute atomic E-state index is 0. The Morgan fingerprint density at radius 3 is 2.67 bits per heavy atom. The Hall–Kier alpha value is -0.300. The van der Waals surface area contributed by atoms with E-state index in [2.05, 4.69) is 43.0 Å². The molecule has 2 rings (SSSR count). The van der Waals surface area contributed by atoms with Crippen LogP contribution in [0.4, 0.5) is 0 Å². The zero-order chi connectivity index (χ0) is 7.68. The molecule has 0 aliphatic heterocycles. The third-order valence-electron chi connectivity index (χ3n) is 2.00. The fourth-order valence-electron chi connectivity index (χ4n) is 1.40. The van der Waals surface area contributed by atoms with Crippen molar-refractivity contribution in [3.05, 3.63) is 48.0 Å². The van der Waals surface area contributed by atoms with E-state index in [1.54, 1.807) is 0 Å². The Kier molecular flexibility index (Phi) is 3.33. The molecule has 1 aromatic carbocycles. The number of rotatable bonds is 0. The standard InChI is InChI=1S/C11H10.Na/c1-9-5-4-7-10-6-2-3-8-11(9)10;/h2-4,6-8H,1,5H2;. The summed E-state index contributed by atoms with van der Waals surface area (Å²) in [7, 11) is 0. The second-order valence-corrected chi connectivity index (χ2v) is 2.80. The molecule has 0 nitrogen and oxygen atoms in total. The maximum Gasteiger partial charge on any atom is 0 e. The summed E-state index contributed by atoms with van der Waals surface area (Å²) >= 11 is 0. The molecule has 1 aliphatic carbocycles. The Labute approximate surface area is 95.3 Å². The summed E-state index contributed by atoms with van der Waals surface area (Å²) in [5.41, 5.74) is 3.82. The van der Waals surface area contributed by atoms with Gasteiger partial charge in [0.05, 0.1) is 0 Å². The van der Waals surface area contributed by atoms with E-state index in [1.165, 1.54) is 16.7 Å². The van der Waals surface area contributed by atoms with Crippen LogP contribution in [-0.2, 0) is 0 Å². The van der Waals surface area contributed by atoms with Crippen LogP contribution in [0.1, 0.15) is 17.5 Å². The monoisotopic (exact) mass is 165 g/mol. The molecule has 0 atom stereocenters. The Morgan fingerprint density at radius 2 is 1.92 bits per heavy atom. The van der Waals surface area contributed by atoms with Gasteiger partial charge in [0.25, 0.3) is 0 Å². The molecule has 1 heteroatoms. The Balaban J connectivity index is 0.000000720. The summed E-state index contributed by atoms with van der Waals surface area (Å²) in [4.78, 5) is 0. The molecule has 1 radical (unpaired) electrons. The molecule has 55 valence electrons. The SMILES string of the molecule is C=C1CC=Cc2ccccc21.[Na]. The van der Waals surface area contributed by atoms with E-state index < -0.39 is 0 Å². The van der Waals surface area contributed by atoms with Crippen LogP contribution in [-0.4, -0.2) is 29.6 Å². The summed E-state index contributed by atoms with van der Waals surface area (Å²) < 4.78 is 0. The fourth-order valence-corrected chi connectivity index (χ4v) is 1.40. The van der Waals surface area contributed by atoms with Crippen LogP contribution in [0.25, 0.3) is 11.6 Å². The maximum absolute atomic E-state index is 4.00. The topological polar surface area (TPSA) is 0 Å². The molecule has 0 saturated carbocycles. The van der Waals surface area contributed by atoms with Crippen molar-refractivity contribution in [3.8, 4) is 0 Å². The van der Waals surface area contributed by atoms with Crippen molar-refractivity contribution in [2.75, 3.05) is 0 Å². The summed E-state index contributed by atoms with van der Waals surface area (Å²) in [6.45, 7) is 4.00. The summed E-state index contributed by atoms with van der Waals surface area (Å²) in [5.74, 6) is 0. The fraction of sp³-hybridized carbons (Fsp3) is 0.0909. The van der Waals surface area contributed by atoms with Crippen LogP contribution in [0.3, 0.4) is 0 Å². The summed E-state index contributed by atoms with van der Waals surface area (Å²) in [6, 6.07) is 8.36. The van der Waals surface area contributed by atoms with Crippen molar-refractivity contribution in [1.29, 1.82) is 0 Å². The van der Waals surface area contributed by atoms with Crippen molar-refractivity contribution in [2.24, 2.45) is 0 Å². The zero-order valence-corrected chi connectivity index (χ0v) is 9.38. The molecule has 1 aromatic rings. The Bertz CT molecular complexity index is 324. The second-order valence-electron chi connectivity index (χ2n) is 2.80. The number of allylic oxidation sites excluding steroid dienone is 2. The van der Waals surface area contributed by atoms with E-state index in [0.717, 1.165) is 6.42 Å².